The number of rotatable bonds is 7. The molecule has 3 rings (SSSR count). The molecule has 0 aliphatic carbocycles. The van der Waals surface area contributed by atoms with E-state index in [-0.39, 0.29) is 24.0 Å². The number of guanidine groups is 1. The molecular weight excluding hydrogens is 477 g/mol. The first kappa shape index (κ1) is 24.4. The van der Waals surface area contributed by atoms with Crippen LogP contribution in [0.4, 0.5) is 0 Å². The van der Waals surface area contributed by atoms with Crippen LogP contribution in [-0.4, -0.2) is 69.3 Å². The zero-order chi connectivity index (χ0) is 20.1. The Morgan fingerprint density at radius 3 is 2.69 bits per heavy atom. The highest BCUT2D eigenvalue weighted by molar-refractivity contribution is 14.0. The second-order valence-corrected chi connectivity index (χ2v) is 8.90. The summed E-state index contributed by atoms with van der Waals surface area (Å²) in [6.45, 7) is 15.0. The lowest BCUT2D eigenvalue weighted by Crippen LogP contribution is -2.46. The Balaban J connectivity index is 0.00000300. The third-order valence-corrected chi connectivity index (χ3v) is 6.34. The Bertz CT molecular complexity index is 657. The standard InChI is InChI=1S/C21H39N7.HI/c1-6-27-10-7-8-19(27)13-22-21(23-14-20-25-24-17(4)26(20)5)28-11-9-18(15-28)12-16(2)3;/h16,18-19H,6-15H2,1-5H3,(H,22,23);1H. The maximum Gasteiger partial charge on any atom is 0.194 e. The number of hydrogen-bond donors (Lipinski definition) is 1. The molecule has 0 spiro atoms. The Hall–Kier alpha value is -0.900. The van der Waals surface area contributed by atoms with E-state index in [1.807, 2.05) is 18.5 Å². The van der Waals surface area contributed by atoms with Crippen LogP contribution in [0.3, 0.4) is 0 Å². The van der Waals surface area contributed by atoms with Crippen molar-refractivity contribution in [3.63, 3.8) is 0 Å². The maximum atomic E-state index is 4.97. The van der Waals surface area contributed by atoms with Crippen molar-refractivity contribution in [2.45, 2.75) is 66.0 Å². The fourth-order valence-corrected chi connectivity index (χ4v) is 4.64. The van der Waals surface area contributed by atoms with Crippen LogP contribution in [0.2, 0.25) is 0 Å². The third kappa shape index (κ3) is 6.54. The highest BCUT2D eigenvalue weighted by atomic mass is 127. The number of hydrogen-bond acceptors (Lipinski definition) is 4. The topological polar surface area (TPSA) is 61.6 Å². The number of nitrogens with zero attached hydrogens (tertiary/aromatic N) is 6. The molecule has 0 radical (unpaired) electrons. The number of aryl methyl sites for hydroxylation is 1. The molecule has 1 aromatic rings. The van der Waals surface area contributed by atoms with Gasteiger partial charge in [0.05, 0.1) is 0 Å². The van der Waals surface area contributed by atoms with Gasteiger partial charge in [-0.05, 0) is 57.5 Å². The summed E-state index contributed by atoms with van der Waals surface area (Å²) in [5, 5.41) is 12.2. The minimum atomic E-state index is 0. The van der Waals surface area contributed by atoms with Gasteiger partial charge in [-0.2, -0.15) is 0 Å². The van der Waals surface area contributed by atoms with E-state index in [0.717, 1.165) is 55.6 Å². The van der Waals surface area contributed by atoms with Crippen molar-refractivity contribution in [2.24, 2.45) is 23.9 Å². The zero-order valence-corrected chi connectivity index (χ0v) is 21.2. The molecule has 2 unspecified atom stereocenters. The van der Waals surface area contributed by atoms with Crippen LogP contribution >= 0.6 is 24.0 Å². The van der Waals surface area contributed by atoms with Crippen molar-refractivity contribution in [3.8, 4) is 0 Å². The number of nitrogens with one attached hydrogen (secondary N) is 1. The molecule has 0 saturated carbocycles. The van der Waals surface area contributed by atoms with E-state index in [1.165, 1.54) is 32.2 Å². The van der Waals surface area contributed by atoms with E-state index in [9.17, 15) is 0 Å². The first-order chi connectivity index (χ1) is 13.5. The monoisotopic (exact) mass is 517 g/mol. The lowest BCUT2D eigenvalue weighted by atomic mass is 9.97. The van der Waals surface area contributed by atoms with E-state index in [1.54, 1.807) is 0 Å². The smallest absolute Gasteiger partial charge is 0.194 e. The highest BCUT2D eigenvalue weighted by Gasteiger charge is 2.27. The lowest BCUT2D eigenvalue weighted by Gasteiger charge is -2.27. The van der Waals surface area contributed by atoms with Crippen LogP contribution in [-0.2, 0) is 13.6 Å². The van der Waals surface area contributed by atoms with Gasteiger partial charge in [-0.1, -0.05) is 20.8 Å². The fourth-order valence-electron chi connectivity index (χ4n) is 4.64. The summed E-state index contributed by atoms with van der Waals surface area (Å²) in [7, 11) is 2.01. The van der Waals surface area contributed by atoms with E-state index >= 15 is 0 Å². The van der Waals surface area contributed by atoms with Crippen LogP contribution in [0, 0.1) is 18.8 Å². The molecule has 0 aromatic carbocycles. The van der Waals surface area contributed by atoms with E-state index in [0.29, 0.717) is 12.6 Å². The normalized spacial score (nSPS) is 23.1. The molecule has 2 saturated heterocycles. The van der Waals surface area contributed by atoms with Gasteiger partial charge in [-0.25, -0.2) is 4.99 Å². The number of likely N-dealkylation sites (tertiary alicyclic amines) is 2. The van der Waals surface area contributed by atoms with Crippen molar-refractivity contribution in [3.05, 3.63) is 11.6 Å². The Morgan fingerprint density at radius 1 is 1.24 bits per heavy atom. The van der Waals surface area contributed by atoms with E-state index in [4.69, 9.17) is 4.99 Å². The van der Waals surface area contributed by atoms with Crippen molar-refractivity contribution < 1.29 is 0 Å². The van der Waals surface area contributed by atoms with Crippen molar-refractivity contribution in [1.82, 2.24) is 29.9 Å². The van der Waals surface area contributed by atoms with E-state index < -0.39 is 0 Å². The van der Waals surface area contributed by atoms with Gasteiger partial charge in [0.15, 0.2) is 11.8 Å². The second-order valence-electron chi connectivity index (χ2n) is 8.90. The number of aliphatic imine (C=N–C) groups is 1. The molecule has 0 amide bonds. The van der Waals surface area contributed by atoms with Crippen LogP contribution in [0.5, 0.6) is 0 Å². The summed E-state index contributed by atoms with van der Waals surface area (Å²) < 4.78 is 2.03. The predicted molar refractivity (Wildman–Crippen MR) is 130 cm³/mol. The maximum absolute atomic E-state index is 4.97. The van der Waals surface area contributed by atoms with Crippen molar-refractivity contribution in [1.29, 1.82) is 0 Å². The predicted octanol–water partition coefficient (Wildman–Crippen LogP) is 3.04. The molecule has 7 nitrogen and oxygen atoms in total. The summed E-state index contributed by atoms with van der Waals surface area (Å²) in [4.78, 5) is 10.0. The SMILES string of the molecule is CCN1CCCC1CNC(=NCc1nnc(C)n1C)N1CCC(CC(C)C)C1.I. The summed E-state index contributed by atoms with van der Waals surface area (Å²) in [5.41, 5.74) is 0. The van der Waals surface area contributed by atoms with E-state index in [2.05, 4.69) is 46.1 Å². The number of aromatic nitrogens is 3. The molecule has 3 heterocycles. The average molecular weight is 518 g/mol. The van der Waals surface area contributed by atoms with Gasteiger partial charge in [-0.15, -0.1) is 34.2 Å². The molecule has 2 aliphatic rings. The number of halogens is 1. The van der Waals surface area contributed by atoms with Crippen LogP contribution in [0.15, 0.2) is 4.99 Å². The third-order valence-electron chi connectivity index (χ3n) is 6.34. The minimum absolute atomic E-state index is 0. The molecule has 8 heteroatoms. The molecule has 29 heavy (non-hydrogen) atoms. The first-order valence-corrected chi connectivity index (χ1v) is 11.1. The number of likely N-dealkylation sites (N-methyl/N-ethyl adjacent to an activating group) is 1. The van der Waals surface area contributed by atoms with Gasteiger partial charge in [0.1, 0.15) is 12.4 Å². The largest absolute Gasteiger partial charge is 0.355 e. The molecule has 1 N–H and O–H groups in total. The summed E-state index contributed by atoms with van der Waals surface area (Å²) >= 11 is 0. The molecular formula is C21H40IN7. The first-order valence-electron chi connectivity index (χ1n) is 11.1. The summed E-state index contributed by atoms with van der Waals surface area (Å²) in [5.74, 6) is 4.45. The molecule has 2 fully saturated rings. The molecule has 1 aromatic heterocycles. The van der Waals surface area contributed by atoms with Crippen LogP contribution < -0.4 is 5.32 Å². The van der Waals surface area contributed by atoms with Gasteiger partial charge in [0.25, 0.3) is 0 Å². The van der Waals surface area contributed by atoms with Crippen LogP contribution in [0.25, 0.3) is 0 Å². The summed E-state index contributed by atoms with van der Waals surface area (Å²) in [6, 6.07) is 0.626. The Labute approximate surface area is 193 Å². The second kappa shape index (κ2) is 11.5. The van der Waals surface area contributed by atoms with Gasteiger partial charge in [-0.3, -0.25) is 4.90 Å². The minimum Gasteiger partial charge on any atom is -0.355 e. The van der Waals surface area contributed by atoms with Gasteiger partial charge < -0.3 is 14.8 Å². The van der Waals surface area contributed by atoms with Crippen LogP contribution in [0.1, 0.15) is 58.1 Å². The van der Waals surface area contributed by atoms with Crippen molar-refractivity contribution in [2.75, 3.05) is 32.7 Å². The molecule has 2 atom stereocenters. The zero-order valence-electron chi connectivity index (χ0n) is 18.9. The highest BCUT2D eigenvalue weighted by Crippen LogP contribution is 2.23. The molecule has 2 aliphatic heterocycles. The fraction of sp³-hybridized carbons (Fsp3) is 0.857. The van der Waals surface area contributed by atoms with Gasteiger partial charge >= 0.3 is 0 Å². The molecule has 0 bridgehead atoms. The van der Waals surface area contributed by atoms with Crippen molar-refractivity contribution >= 4 is 29.9 Å². The van der Waals surface area contributed by atoms with Gasteiger partial charge in [0.2, 0.25) is 0 Å². The molecule has 166 valence electrons. The van der Waals surface area contributed by atoms with Gasteiger partial charge in [0, 0.05) is 32.7 Å². The Morgan fingerprint density at radius 2 is 2.03 bits per heavy atom. The average Bonchev–Trinajstić information content (AvgIpc) is 3.38. The summed E-state index contributed by atoms with van der Waals surface area (Å²) in [6.07, 6.45) is 5.17. The Kier molecular flexibility index (Phi) is 9.65. The lowest BCUT2D eigenvalue weighted by molar-refractivity contribution is 0.265. The quantitative estimate of drug-likeness (QED) is 0.342.